The molecule has 0 aliphatic carbocycles. The second-order valence-corrected chi connectivity index (χ2v) is 8.68. The van der Waals surface area contributed by atoms with Gasteiger partial charge in [0.15, 0.2) is 11.5 Å². The Morgan fingerprint density at radius 2 is 1.83 bits per heavy atom. The standard InChI is InChI=1S/C26H21Cl2NO6/c1-34-22-9-7-15(11-20(22)30)17(12-23(31)29-13-14-6-8-18(27)19(28)10-14)24-25(32)16-4-2-3-5-21(16)35-26(24)33/h2-11,17,30,32H,12-13H2,1H3,(H,29,31)/t17-/m1/s1. The molecule has 0 radical (unpaired) electrons. The number of phenolic OH excluding ortho intramolecular Hbond substituents is 1. The van der Waals surface area contributed by atoms with Crippen LogP contribution in [-0.4, -0.2) is 23.2 Å². The molecular weight excluding hydrogens is 493 g/mol. The topological polar surface area (TPSA) is 109 Å². The van der Waals surface area contributed by atoms with Crippen LogP contribution in [0.2, 0.25) is 10.0 Å². The molecule has 1 aromatic heterocycles. The quantitative estimate of drug-likeness (QED) is 0.287. The van der Waals surface area contributed by atoms with Crippen molar-refractivity contribution in [2.24, 2.45) is 0 Å². The van der Waals surface area contributed by atoms with E-state index in [0.29, 0.717) is 21.0 Å². The highest BCUT2D eigenvalue weighted by Crippen LogP contribution is 2.38. The summed E-state index contributed by atoms with van der Waals surface area (Å²) in [5.74, 6) is -1.54. The molecule has 0 aliphatic heterocycles. The van der Waals surface area contributed by atoms with Crippen LogP contribution in [0, 0.1) is 0 Å². The molecule has 35 heavy (non-hydrogen) atoms. The van der Waals surface area contributed by atoms with Crippen molar-refractivity contribution in [3.63, 3.8) is 0 Å². The van der Waals surface area contributed by atoms with Gasteiger partial charge in [-0.2, -0.15) is 0 Å². The maximum atomic E-state index is 12.9. The third kappa shape index (κ3) is 5.21. The molecule has 1 heterocycles. The summed E-state index contributed by atoms with van der Waals surface area (Å²) >= 11 is 12.0. The fourth-order valence-corrected chi connectivity index (χ4v) is 4.19. The number of carbonyl (C=O) groups excluding carboxylic acids is 1. The smallest absolute Gasteiger partial charge is 0.343 e. The number of benzene rings is 3. The summed E-state index contributed by atoms with van der Waals surface area (Å²) in [5.41, 5.74) is 0.515. The zero-order chi connectivity index (χ0) is 25.1. The number of rotatable bonds is 7. The molecule has 3 aromatic carbocycles. The van der Waals surface area contributed by atoms with Gasteiger partial charge in [0.1, 0.15) is 11.3 Å². The molecule has 0 saturated carbocycles. The Kier molecular flexibility index (Phi) is 7.19. The van der Waals surface area contributed by atoms with Crippen LogP contribution in [0.5, 0.6) is 17.2 Å². The Morgan fingerprint density at radius 1 is 1.06 bits per heavy atom. The zero-order valence-corrected chi connectivity index (χ0v) is 20.1. The van der Waals surface area contributed by atoms with Crippen molar-refractivity contribution < 1.29 is 24.2 Å². The first-order valence-electron chi connectivity index (χ1n) is 10.6. The third-order valence-electron chi connectivity index (χ3n) is 5.64. The predicted molar refractivity (Wildman–Crippen MR) is 134 cm³/mol. The first kappa shape index (κ1) is 24.4. The van der Waals surface area contributed by atoms with E-state index in [0.717, 1.165) is 5.56 Å². The van der Waals surface area contributed by atoms with E-state index < -0.39 is 17.5 Å². The van der Waals surface area contributed by atoms with Crippen LogP contribution in [0.25, 0.3) is 11.0 Å². The Bertz CT molecular complexity index is 1470. The SMILES string of the molecule is COc1ccc([C@@H](CC(=O)NCc2ccc(Cl)c(Cl)c2)c2c(O)c3ccccc3oc2=O)cc1O. The van der Waals surface area contributed by atoms with Crippen molar-refractivity contribution in [3.8, 4) is 17.2 Å². The molecule has 4 rings (SSSR count). The van der Waals surface area contributed by atoms with Gasteiger partial charge >= 0.3 is 5.63 Å². The van der Waals surface area contributed by atoms with E-state index in [9.17, 15) is 19.8 Å². The lowest BCUT2D eigenvalue weighted by atomic mass is 9.87. The van der Waals surface area contributed by atoms with Gasteiger partial charge in [-0.25, -0.2) is 4.79 Å². The average Bonchev–Trinajstić information content (AvgIpc) is 2.84. The van der Waals surface area contributed by atoms with Crippen molar-refractivity contribution in [2.75, 3.05) is 7.11 Å². The highest BCUT2D eigenvalue weighted by Gasteiger charge is 2.27. The van der Waals surface area contributed by atoms with E-state index in [4.69, 9.17) is 32.4 Å². The zero-order valence-electron chi connectivity index (χ0n) is 18.5. The minimum atomic E-state index is -0.915. The van der Waals surface area contributed by atoms with Crippen LogP contribution < -0.4 is 15.7 Å². The number of carbonyl (C=O) groups is 1. The summed E-state index contributed by atoms with van der Waals surface area (Å²) in [5, 5.41) is 25.2. The number of nitrogens with one attached hydrogen (secondary N) is 1. The number of aromatic hydroxyl groups is 2. The summed E-state index contributed by atoms with van der Waals surface area (Å²) in [6.07, 6.45) is -0.205. The molecule has 1 atom stereocenters. The fourth-order valence-electron chi connectivity index (χ4n) is 3.87. The van der Waals surface area contributed by atoms with Gasteiger partial charge < -0.3 is 24.7 Å². The first-order valence-corrected chi connectivity index (χ1v) is 11.4. The van der Waals surface area contributed by atoms with E-state index in [1.807, 2.05) is 0 Å². The Balaban J connectivity index is 1.71. The van der Waals surface area contributed by atoms with Crippen molar-refractivity contribution in [1.29, 1.82) is 0 Å². The molecular formula is C26H21Cl2NO6. The molecule has 0 bridgehead atoms. The molecule has 0 spiro atoms. The van der Waals surface area contributed by atoms with Crippen molar-refractivity contribution in [2.45, 2.75) is 18.9 Å². The molecule has 0 fully saturated rings. The summed E-state index contributed by atoms with van der Waals surface area (Å²) in [6.45, 7) is 0.175. The van der Waals surface area contributed by atoms with Crippen molar-refractivity contribution in [1.82, 2.24) is 5.32 Å². The number of halogens is 2. The molecule has 7 nitrogen and oxygen atoms in total. The molecule has 0 saturated heterocycles. The maximum Gasteiger partial charge on any atom is 0.343 e. The molecule has 9 heteroatoms. The van der Waals surface area contributed by atoms with Crippen LogP contribution in [0.3, 0.4) is 0 Å². The van der Waals surface area contributed by atoms with Gasteiger partial charge in [-0.3, -0.25) is 4.79 Å². The van der Waals surface area contributed by atoms with Gasteiger partial charge in [-0.1, -0.05) is 47.5 Å². The number of para-hydroxylation sites is 1. The Morgan fingerprint density at radius 3 is 2.54 bits per heavy atom. The van der Waals surface area contributed by atoms with Crippen LogP contribution in [-0.2, 0) is 11.3 Å². The Hall–Kier alpha value is -3.68. The number of methoxy groups -OCH3 is 1. The molecule has 180 valence electrons. The van der Waals surface area contributed by atoms with Gasteiger partial charge in [-0.15, -0.1) is 0 Å². The second-order valence-electron chi connectivity index (χ2n) is 7.86. The number of amides is 1. The maximum absolute atomic E-state index is 12.9. The van der Waals surface area contributed by atoms with Crippen LogP contribution in [0.4, 0.5) is 0 Å². The first-order chi connectivity index (χ1) is 16.8. The lowest BCUT2D eigenvalue weighted by Crippen LogP contribution is -2.26. The van der Waals surface area contributed by atoms with E-state index >= 15 is 0 Å². The van der Waals surface area contributed by atoms with Gasteiger partial charge in [-0.05, 0) is 47.5 Å². The normalized spacial score (nSPS) is 11.9. The lowest BCUT2D eigenvalue weighted by Gasteiger charge is -2.19. The monoisotopic (exact) mass is 513 g/mol. The minimum absolute atomic E-state index is 0.0852. The minimum Gasteiger partial charge on any atom is -0.507 e. The predicted octanol–water partition coefficient (Wildman–Crippen LogP) is 5.36. The van der Waals surface area contributed by atoms with Crippen LogP contribution in [0.1, 0.15) is 29.0 Å². The molecule has 0 unspecified atom stereocenters. The number of phenols is 1. The largest absolute Gasteiger partial charge is 0.507 e. The lowest BCUT2D eigenvalue weighted by molar-refractivity contribution is -0.121. The summed E-state index contributed by atoms with van der Waals surface area (Å²) < 4.78 is 10.5. The van der Waals surface area contributed by atoms with E-state index in [2.05, 4.69) is 5.32 Å². The molecule has 4 aromatic rings. The Labute approximate surface area is 210 Å². The van der Waals surface area contributed by atoms with E-state index in [-0.39, 0.29) is 41.4 Å². The second kappa shape index (κ2) is 10.3. The van der Waals surface area contributed by atoms with Gasteiger partial charge in [0, 0.05) is 18.9 Å². The van der Waals surface area contributed by atoms with Crippen LogP contribution >= 0.6 is 23.2 Å². The number of hydrogen-bond acceptors (Lipinski definition) is 6. The van der Waals surface area contributed by atoms with Crippen LogP contribution in [0.15, 0.2) is 69.9 Å². The van der Waals surface area contributed by atoms with Gasteiger partial charge in [0.05, 0.1) is 28.1 Å². The number of fused-ring (bicyclic) bond motifs is 1. The summed E-state index contributed by atoms with van der Waals surface area (Å²) in [6, 6.07) is 16.1. The van der Waals surface area contributed by atoms with E-state index in [1.54, 1.807) is 48.5 Å². The fraction of sp³-hybridized carbons (Fsp3) is 0.154. The van der Waals surface area contributed by atoms with E-state index in [1.165, 1.54) is 19.2 Å². The molecule has 3 N–H and O–H groups in total. The van der Waals surface area contributed by atoms with Crippen molar-refractivity contribution in [3.05, 3.63) is 97.8 Å². The summed E-state index contributed by atoms with van der Waals surface area (Å²) in [7, 11) is 1.41. The number of hydrogen-bond donors (Lipinski definition) is 3. The van der Waals surface area contributed by atoms with Gasteiger partial charge in [0.25, 0.3) is 0 Å². The third-order valence-corrected chi connectivity index (χ3v) is 6.38. The van der Waals surface area contributed by atoms with Crippen molar-refractivity contribution >= 4 is 40.1 Å². The summed E-state index contributed by atoms with van der Waals surface area (Å²) in [4.78, 5) is 25.9. The highest BCUT2D eigenvalue weighted by molar-refractivity contribution is 6.42. The molecule has 1 amide bonds. The van der Waals surface area contributed by atoms with Gasteiger partial charge in [0.2, 0.25) is 5.91 Å². The highest BCUT2D eigenvalue weighted by atomic mass is 35.5. The number of ether oxygens (including phenoxy) is 1. The molecule has 0 aliphatic rings. The average molecular weight is 514 g/mol.